The lowest BCUT2D eigenvalue weighted by Gasteiger charge is -2.09. The van der Waals surface area contributed by atoms with Crippen LogP contribution in [0.25, 0.3) is 43.6 Å². The number of amides is 2. The molecule has 8 nitrogen and oxygen atoms in total. The SMILES string of the molecule is O=C(CCC(=O)Nc1ccc2c(=O)c3ccccc3[nH]c2c1)Nc1ccc2c(=O)c3ccccc3[nH]c2c1. The number of nitrogens with one attached hydrogen (secondary N) is 4. The van der Waals surface area contributed by atoms with E-state index in [4.69, 9.17) is 0 Å². The second-order valence-corrected chi connectivity index (χ2v) is 9.12. The summed E-state index contributed by atoms with van der Waals surface area (Å²) >= 11 is 0. The van der Waals surface area contributed by atoms with E-state index >= 15 is 0 Å². The van der Waals surface area contributed by atoms with Crippen LogP contribution in [-0.4, -0.2) is 21.8 Å². The van der Waals surface area contributed by atoms with Crippen LogP contribution in [0.2, 0.25) is 0 Å². The molecule has 0 spiro atoms. The number of H-pyrrole nitrogens is 2. The summed E-state index contributed by atoms with van der Waals surface area (Å²) in [5, 5.41) is 7.85. The molecule has 6 aromatic rings. The topological polar surface area (TPSA) is 124 Å². The van der Waals surface area contributed by atoms with Crippen molar-refractivity contribution in [2.24, 2.45) is 0 Å². The van der Waals surface area contributed by atoms with Crippen molar-refractivity contribution in [2.75, 3.05) is 10.6 Å². The summed E-state index contributed by atoms with van der Waals surface area (Å²) < 4.78 is 0. The third-order valence-corrected chi connectivity index (χ3v) is 6.56. The first kappa shape index (κ1) is 23.2. The fourth-order valence-corrected chi connectivity index (χ4v) is 4.68. The van der Waals surface area contributed by atoms with Crippen molar-refractivity contribution in [3.63, 3.8) is 0 Å². The number of carbonyl (C=O) groups excluding carboxylic acids is 2. The minimum Gasteiger partial charge on any atom is -0.354 e. The van der Waals surface area contributed by atoms with Crippen LogP contribution >= 0.6 is 0 Å². The normalized spacial score (nSPS) is 11.3. The quantitative estimate of drug-likeness (QED) is 0.247. The van der Waals surface area contributed by atoms with Crippen LogP contribution < -0.4 is 21.5 Å². The second kappa shape index (κ2) is 9.33. The zero-order valence-corrected chi connectivity index (χ0v) is 20.1. The van der Waals surface area contributed by atoms with E-state index in [0.717, 1.165) is 11.0 Å². The maximum absolute atomic E-state index is 12.7. The first-order valence-electron chi connectivity index (χ1n) is 12.2. The third-order valence-electron chi connectivity index (χ3n) is 6.56. The van der Waals surface area contributed by atoms with Crippen LogP contribution in [0.1, 0.15) is 12.8 Å². The Hall–Kier alpha value is -5.24. The van der Waals surface area contributed by atoms with Crippen LogP contribution in [0.3, 0.4) is 0 Å². The van der Waals surface area contributed by atoms with E-state index in [1.165, 1.54) is 0 Å². The Morgan fingerprint density at radius 2 is 0.921 bits per heavy atom. The van der Waals surface area contributed by atoms with E-state index in [0.29, 0.717) is 44.0 Å². The number of hydrogen-bond donors (Lipinski definition) is 4. The number of para-hydroxylation sites is 2. The van der Waals surface area contributed by atoms with Gasteiger partial charge in [0.15, 0.2) is 10.9 Å². The number of aromatic nitrogens is 2. The number of rotatable bonds is 5. The van der Waals surface area contributed by atoms with Crippen LogP contribution in [0.4, 0.5) is 11.4 Å². The van der Waals surface area contributed by atoms with Crippen molar-refractivity contribution in [3.8, 4) is 0 Å². The second-order valence-electron chi connectivity index (χ2n) is 9.12. The molecule has 2 heterocycles. The van der Waals surface area contributed by atoms with Crippen LogP contribution in [0.15, 0.2) is 94.5 Å². The fourth-order valence-electron chi connectivity index (χ4n) is 4.68. The van der Waals surface area contributed by atoms with Crippen LogP contribution in [0.5, 0.6) is 0 Å². The highest BCUT2D eigenvalue weighted by Crippen LogP contribution is 2.20. The molecule has 0 unspecified atom stereocenters. The van der Waals surface area contributed by atoms with Gasteiger partial charge in [-0.05, 0) is 60.7 Å². The third kappa shape index (κ3) is 4.28. The molecule has 2 aromatic heterocycles. The van der Waals surface area contributed by atoms with Gasteiger partial charge in [-0.2, -0.15) is 0 Å². The van der Waals surface area contributed by atoms with Crippen molar-refractivity contribution in [3.05, 3.63) is 105 Å². The zero-order valence-electron chi connectivity index (χ0n) is 20.1. The number of pyridine rings is 2. The number of aromatic amines is 2. The molecule has 8 heteroatoms. The monoisotopic (exact) mass is 502 g/mol. The molecule has 0 atom stereocenters. The molecule has 0 fully saturated rings. The maximum atomic E-state index is 12.7. The van der Waals surface area contributed by atoms with E-state index in [9.17, 15) is 19.2 Å². The summed E-state index contributed by atoms with van der Waals surface area (Å²) in [4.78, 5) is 56.9. The standard InChI is InChI=1S/C30H22N4O4/c35-27(31-17-9-11-21-25(15-17)33-23-7-3-1-5-19(23)29(21)37)13-14-28(36)32-18-10-12-22-26(16-18)34-24-8-4-2-6-20(24)30(22)38/h1-12,15-16H,13-14H2,(H,31,35)(H,32,36)(H,33,37)(H,34,38). The Bertz CT molecular complexity index is 1880. The Morgan fingerprint density at radius 3 is 1.37 bits per heavy atom. The predicted octanol–water partition coefficient (Wildman–Crippen LogP) is 5.03. The molecule has 0 aliphatic carbocycles. The minimum absolute atomic E-state index is 0.0207. The number of anilines is 2. The summed E-state index contributed by atoms with van der Waals surface area (Å²) in [6.45, 7) is 0. The number of hydrogen-bond acceptors (Lipinski definition) is 4. The molecule has 186 valence electrons. The molecule has 0 saturated heterocycles. The molecule has 4 aromatic carbocycles. The van der Waals surface area contributed by atoms with Gasteiger partial charge >= 0.3 is 0 Å². The largest absolute Gasteiger partial charge is 0.354 e. The zero-order chi connectivity index (χ0) is 26.2. The lowest BCUT2D eigenvalue weighted by Crippen LogP contribution is -2.17. The van der Waals surface area contributed by atoms with E-state index in [-0.39, 0.29) is 35.5 Å². The van der Waals surface area contributed by atoms with Gasteiger partial charge in [0.25, 0.3) is 0 Å². The predicted molar refractivity (Wildman–Crippen MR) is 151 cm³/mol. The Kier molecular flexibility index (Phi) is 5.69. The van der Waals surface area contributed by atoms with Crippen molar-refractivity contribution in [1.82, 2.24) is 9.97 Å². The van der Waals surface area contributed by atoms with Gasteiger partial charge in [0.1, 0.15) is 0 Å². The summed E-state index contributed by atoms with van der Waals surface area (Å²) in [7, 11) is 0. The highest BCUT2D eigenvalue weighted by atomic mass is 16.2. The molecule has 6 rings (SSSR count). The van der Waals surface area contributed by atoms with Crippen molar-refractivity contribution in [1.29, 1.82) is 0 Å². The molecule has 0 bridgehead atoms. The first-order chi connectivity index (χ1) is 18.5. The Labute approximate surface area is 215 Å². The molecule has 38 heavy (non-hydrogen) atoms. The van der Waals surface area contributed by atoms with E-state index in [1.54, 1.807) is 48.5 Å². The summed E-state index contributed by atoms with van der Waals surface area (Å²) in [6, 6.07) is 24.6. The van der Waals surface area contributed by atoms with Gasteiger partial charge in [-0.3, -0.25) is 19.2 Å². The van der Waals surface area contributed by atoms with Crippen molar-refractivity contribution in [2.45, 2.75) is 12.8 Å². The van der Waals surface area contributed by atoms with Gasteiger partial charge in [-0.15, -0.1) is 0 Å². The Morgan fingerprint density at radius 1 is 0.526 bits per heavy atom. The van der Waals surface area contributed by atoms with Gasteiger partial charge in [-0.1, -0.05) is 24.3 Å². The highest BCUT2D eigenvalue weighted by Gasteiger charge is 2.11. The number of carbonyl (C=O) groups is 2. The molecule has 0 radical (unpaired) electrons. The van der Waals surface area contributed by atoms with Gasteiger partial charge in [0.05, 0.1) is 11.0 Å². The first-order valence-corrected chi connectivity index (χ1v) is 12.2. The summed E-state index contributed by atoms with van der Waals surface area (Å²) in [6.07, 6.45) is -0.0413. The lowest BCUT2D eigenvalue weighted by molar-refractivity contribution is -0.121. The Balaban J connectivity index is 1.12. The smallest absolute Gasteiger partial charge is 0.224 e. The van der Waals surface area contributed by atoms with Gasteiger partial charge < -0.3 is 20.6 Å². The molecule has 0 aliphatic heterocycles. The average Bonchev–Trinajstić information content (AvgIpc) is 2.92. The van der Waals surface area contributed by atoms with Gasteiger partial charge in [0.2, 0.25) is 11.8 Å². The molecular weight excluding hydrogens is 480 g/mol. The van der Waals surface area contributed by atoms with Crippen LogP contribution in [0, 0.1) is 0 Å². The van der Waals surface area contributed by atoms with Crippen molar-refractivity contribution >= 4 is 66.8 Å². The maximum Gasteiger partial charge on any atom is 0.224 e. The summed E-state index contributed by atoms with van der Waals surface area (Å²) in [5.41, 5.74) is 3.58. The fraction of sp³-hybridized carbons (Fsp3) is 0.0667. The van der Waals surface area contributed by atoms with Gasteiger partial charge in [0, 0.05) is 56.8 Å². The molecule has 0 aliphatic rings. The number of benzene rings is 4. The summed E-state index contributed by atoms with van der Waals surface area (Å²) in [5.74, 6) is -0.645. The van der Waals surface area contributed by atoms with E-state index in [1.807, 2.05) is 36.4 Å². The molecular formula is C30H22N4O4. The molecule has 2 amide bonds. The highest BCUT2D eigenvalue weighted by molar-refractivity contribution is 6.00. The van der Waals surface area contributed by atoms with Gasteiger partial charge in [-0.25, -0.2) is 0 Å². The number of fused-ring (bicyclic) bond motifs is 4. The average molecular weight is 503 g/mol. The lowest BCUT2D eigenvalue weighted by atomic mass is 10.1. The molecule has 0 saturated carbocycles. The van der Waals surface area contributed by atoms with E-state index in [2.05, 4.69) is 20.6 Å². The minimum atomic E-state index is -0.322. The molecule has 4 N–H and O–H groups in total. The van der Waals surface area contributed by atoms with Crippen LogP contribution in [-0.2, 0) is 9.59 Å². The van der Waals surface area contributed by atoms with E-state index < -0.39 is 0 Å². The van der Waals surface area contributed by atoms with Crippen molar-refractivity contribution < 1.29 is 9.59 Å².